The van der Waals surface area contributed by atoms with Crippen molar-refractivity contribution in [3.05, 3.63) is 74.6 Å². The number of carboxylic acid groups (broad SMARTS) is 2. The minimum atomic E-state index is -0.990. The van der Waals surface area contributed by atoms with Crippen molar-refractivity contribution in [1.29, 1.82) is 0 Å². The van der Waals surface area contributed by atoms with Crippen LogP contribution in [0.5, 0.6) is 5.75 Å². The van der Waals surface area contributed by atoms with Crippen LogP contribution in [0.25, 0.3) is 11.0 Å². The van der Waals surface area contributed by atoms with Gasteiger partial charge in [-0.1, -0.05) is 12.1 Å². The molecule has 1 heterocycles. The van der Waals surface area contributed by atoms with E-state index in [-0.39, 0.29) is 25.0 Å². The maximum absolute atomic E-state index is 12.3. The Balaban J connectivity index is 1.87. The minimum Gasteiger partial charge on any atom is -0.488 e. The van der Waals surface area contributed by atoms with Gasteiger partial charge in [0, 0.05) is 22.9 Å². The highest BCUT2D eigenvalue weighted by Crippen LogP contribution is 2.30. The molecule has 150 valence electrons. The molecule has 7 heteroatoms. The van der Waals surface area contributed by atoms with E-state index in [1.165, 1.54) is 12.1 Å². The number of fused-ring (bicyclic) bond motifs is 1. The maximum atomic E-state index is 12.3. The van der Waals surface area contributed by atoms with Crippen LogP contribution in [-0.4, -0.2) is 22.2 Å². The summed E-state index contributed by atoms with van der Waals surface area (Å²) >= 11 is 0. The number of benzene rings is 2. The average molecular weight is 396 g/mol. The van der Waals surface area contributed by atoms with E-state index in [0.717, 1.165) is 10.9 Å². The van der Waals surface area contributed by atoms with Crippen LogP contribution in [0.4, 0.5) is 0 Å². The fraction of sp³-hybridized carbons (Fsp3) is 0.227. The molecule has 0 aliphatic carbocycles. The lowest BCUT2D eigenvalue weighted by atomic mass is 10.0. The Morgan fingerprint density at radius 3 is 2.31 bits per heavy atom. The van der Waals surface area contributed by atoms with E-state index in [2.05, 4.69) is 0 Å². The summed E-state index contributed by atoms with van der Waals surface area (Å²) in [5.74, 6) is -1.42. The van der Waals surface area contributed by atoms with E-state index in [4.69, 9.17) is 19.4 Å². The van der Waals surface area contributed by atoms with Crippen LogP contribution in [0, 0.1) is 13.8 Å². The quantitative estimate of drug-likeness (QED) is 0.585. The van der Waals surface area contributed by atoms with Gasteiger partial charge in [-0.2, -0.15) is 0 Å². The zero-order chi connectivity index (χ0) is 21.1. The molecule has 0 amide bonds. The summed E-state index contributed by atoms with van der Waals surface area (Å²) in [6.45, 7) is 3.79. The predicted molar refractivity (Wildman–Crippen MR) is 106 cm³/mol. The van der Waals surface area contributed by atoms with Gasteiger partial charge < -0.3 is 19.4 Å². The predicted octanol–water partition coefficient (Wildman–Crippen LogP) is 3.70. The molecular weight excluding hydrogens is 376 g/mol. The third kappa shape index (κ3) is 4.29. The molecule has 0 saturated heterocycles. The molecule has 0 radical (unpaired) electrons. The third-order valence-corrected chi connectivity index (χ3v) is 4.84. The van der Waals surface area contributed by atoms with Crippen LogP contribution in [0.15, 0.2) is 45.6 Å². The molecule has 0 atom stereocenters. The Morgan fingerprint density at radius 2 is 1.69 bits per heavy atom. The molecule has 3 aromatic rings. The van der Waals surface area contributed by atoms with Crippen molar-refractivity contribution in [2.24, 2.45) is 0 Å². The van der Waals surface area contributed by atoms with Crippen LogP contribution >= 0.6 is 0 Å². The van der Waals surface area contributed by atoms with Crippen molar-refractivity contribution in [2.45, 2.75) is 33.3 Å². The van der Waals surface area contributed by atoms with Gasteiger partial charge in [0.15, 0.2) is 0 Å². The van der Waals surface area contributed by atoms with Gasteiger partial charge in [-0.05, 0) is 55.7 Å². The largest absolute Gasteiger partial charge is 0.488 e. The fourth-order valence-corrected chi connectivity index (χ4v) is 3.15. The molecule has 2 N–H and O–H groups in total. The number of rotatable bonds is 7. The summed E-state index contributed by atoms with van der Waals surface area (Å²) < 4.78 is 11.3. The second-order valence-electron chi connectivity index (χ2n) is 6.74. The van der Waals surface area contributed by atoms with E-state index in [0.29, 0.717) is 28.0 Å². The van der Waals surface area contributed by atoms with E-state index < -0.39 is 17.6 Å². The first-order valence-corrected chi connectivity index (χ1v) is 9.00. The Morgan fingerprint density at radius 1 is 1.00 bits per heavy atom. The number of carbonyl (C=O) groups is 2. The highest BCUT2D eigenvalue weighted by atomic mass is 16.5. The highest BCUT2D eigenvalue weighted by molar-refractivity contribution is 5.87. The standard InChI is InChI=1S/C22H20O7/c1-12-16-7-9-18(28-11-14-3-5-15(6-4-14)21(25)26)13(2)20(16)29-22(27)17(12)8-10-19(23)24/h3-7,9H,8,10-11H2,1-2H3,(H,23,24)(H,25,26). The van der Waals surface area contributed by atoms with Crippen molar-refractivity contribution in [3.8, 4) is 5.75 Å². The Kier molecular flexibility index (Phi) is 5.68. The van der Waals surface area contributed by atoms with Gasteiger partial charge in [-0.25, -0.2) is 9.59 Å². The molecular formula is C22H20O7. The van der Waals surface area contributed by atoms with E-state index in [9.17, 15) is 14.4 Å². The average Bonchev–Trinajstić information content (AvgIpc) is 2.68. The second-order valence-corrected chi connectivity index (χ2v) is 6.74. The molecule has 3 rings (SSSR count). The number of aliphatic carboxylic acids is 1. The molecule has 0 fully saturated rings. The fourth-order valence-electron chi connectivity index (χ4n) is 3.15. The number of ether oxygens (including phenoxy) is 1. The van der Waals surface area contributed by atoms with Crippen LogP contribution < -0.4 is 10.4 Å². The summed E-state index contributed by atoms with van der Waals surface area (Å²) in [4.78, 5) is 34.1. The molecule has 0 spiro atoms. The lowest BCUT2D eigenvalue weighted by Gasteiger charge is -2.13. The summed E-state index contributed by atoms with van der Waals surface area (Å²) in [6, 6.07) is 9.94. The zero-order valence-electron chi connectivity index (χ0n) is 16.0. The van der Waals surface area contributed by atoms with Gasteiger partial charge in [-0.15, -0.1) is 0 Å². The third-order valence-electron chi connectivity index (χ3n) is 4.84. The Labute approximate surface area is 166 Å². The molecule has 7 nitrogen and oxygen atoms in total. The van der Waals surface area contributed by atoms with Gasteiger partial charge in [-0.3, -0.25) is 4.79 Å². The Bertz CT molecular complexity index is 1140. The van der Waals surface area contributed by atoms with Crippen molar-refractivity contribution in [3.63, 3.8) is 0 Å². The smallest absolute Gasteiger partial charge is 0.339 e. The first-order valence-electron chi connectivity index (χ1n) is 9.00. The van der Waals surface area contributed by atoms with Gasteiger partial charge in [0.2, 0.25) is 0 Å². The van der Waals surface area contributed by atoms with Crippen LogP contribution in [0.1, 0.15) is 39.0 Å². The SMILES string of the molecule is Cc1c(CCC(=O)O)c(=O)oc2c(C)c(OCc3ccc(C(=O)O)cc3)ccc12. The topological polar surface area (TPSA) is 114 Å². The summed E-state index contributed by atoms with van der Waals surface area (Å²) in [5, 5.41) is 18.6. The molecule has 2 aromatic carbocycles. The first-order chi connectivity index (χ1) is 13.8. The molecule has 0 unspecified atom stereocenters. The van der Waals surface area contributed by atoms with Gasteiger partial charge in [0.05, 0.1) is 5.56 Å². The van der Waals surface area contributed by atoms with Gasteiger partial charge >= 0.3 is 17.6 Å². The van der Waals surface area contributed by atoms with Gasteiger partial charge in [0.25, 0.3) is 0 Å². The summed E-state index contributed by atoms with van der Waals surface area (Å²) in [6.07, 6.45) is -0.0268. The van der Waals surface area contributed by atoms with Crippen LogP contribution in [-0.2, 0) is 17.8 Å². The monoisotopic (exact) mass is 396 g/mol. The normalized spacial score (nSPS) is 10.8. The molecule has 29 heavy (non-hydrogen) atoms. The second kappa shape index (κ2) is 8.18. The molecule has 1 aromatic heterocycles. The van der Waals surface area contributed by atoms with Crippen molar-refractivity contribution < 1.29 is 29.0 Å². The van der Waals surface area contributed by atoms with Crippen molar-refractivity contribution >= 4 is 22.9 Å². The van der Waals surface area contributed by atoms with Crippen LogP contribution in [0.2, 0.25) is 0 Å². The van der Waals surface area contributed by atoms with E-state index >= 15 is 0 Å². The van der Waals surface area contributed by atoms with E-state index in [1.54, 1.807) is 38.1 Å². The van der Waals surface area contributed by atoms with Crippen LogP contribution in [0.3, 0.4) is 0 Å². The van der Waals surface area contributed by atoms with Crippen molar-refractivity contribution in [2.75, 3.05) is 0 Å². The zero-order valence-corrected chi connectivity index (χ0v) is 16.0. The number of hydrogen-bond acceptors (Lipinski definition) is 5. The maximum Gasteiger partial charge on any atom is 0.339 e. The highest BCUT2D eigenvalue weighted by Gasteiger charge is 2.16. The molecule has 0 aliphatic heterocycles. The summed E-state index contributed by atoms with van der Waals surface area (Å²) in [5.41, 5.74) is 2.60. The lowest BCUT2D eigenvalue weighted by Crippen LogP contribution is -2.12. The molecule has 0 bridgehead atoms. The van der Waals surface area contributed by atoms with Crippen molar-refractivity contribution in [1.82, 2.24) is 0 Å². The summed E-state index contributed by atoms with van der Waals surface area (Å²) in [7, 11) is 0. The number of hydrogen-bond donors (Lipinski definition) is 2. The molecule has 0 aliphatic rings. The first kappa shape index (κ1) is 20.1. The van der Waals surface area contributed by atoms with E-state index in [1.807, 2.05) is 0 Å². The minimum absolute atomic E-state index is 0.114. The lowest BCUT2D eigenvalue weighted by molar-refractivity contribution is -0.136. The number of aromatic carboxylic acids is 1. The number of aryl methyl sites for hydroxylation is 2. The number of carboxylic acids is 2. The molecule has 0 saturated carbocycles. The van der Waals surface area contributed by atoms with Gasteiger partial charge in [0.1, 0.15) is 17.9 Å². The Hall–Kier alpha value is -3.61.